The fourth-order valence-corrected chi connectivity index (χ4v) is 5.86. The standard InChI is InChI=1S/C25H32N4O6S/c1-16-9-10-19(26-13-16)24(34-5)17(2)36(30,31)15-22-27-28-25(18-11-12-35-14-18)29(22)23-20(32-3)7-6-8-21(23)33-4/h6-10,13,17-18,24H,11-12,14-15H2,1-5H3/t17-,18?,24-/m0/s1. The summed E-state index contributed by atoms with van der Waals surface area (Å²) < 4.78 is 51.5. The Morgan fingerprint density at radius 2 is 1.83 bits per heavy atom. The molecule has 0 radical (unpaired) electrons. The van der Waals surface area contributed by atoms with Gasteiger partial charge < -0.3 is 18.9 Å². The van der Waals surface area contributed by atoms with Gasteiger partial charge in [0.2, 0.25) is 0 Å². The number of benzene rings is 1. The predicted molar refractivity (Wildman–Crippen MR) is 133 cm³/mol. The number of hydrogen-bond acceptors (Lipinski definition) is 9. The van der Waals surface area contributed by atoms with Crippen molar-refractivity contribution in [1.29, 1.82) is 0 Å². The number of rotatable bonds is 10. The van der Waals surface area contributed by atoms with Crippen molar-refractivity contribution in [3.63, 3.8) is 0 Å². The van der Waals surface area contributed by atoms with Gasteiger partial charge in [0.25, 0.3) is 0 Å². The van der Waals surface area contributed by atoms with E-state index in [0.717, 1.165) is 12.0 Å². The average molecular weight is 517 g/mol. The Morgan fingerprint density at radius 3 is 2.39 bits per heavy atom. The Bertz CT molecular complexity index is 1260. The fraction of sp³-hybridized carbons (Fsp3) is 0.480. The molecule has 1 saturated heterocycles. The maximum Gasteiger partial charge on any atom is 0.163 e. The molecule has 1 aliphatic heterocycles. The Morgan fingerprint density at radius 1 is 1.11 bits per heavy atom. The van der Waals surface area contributed by atoms with Gasteiger partial charge in [-0.2, -0.15) is 0 Å². The van der Waals surface area contributed by atoms with Crippen LogP contribution < -0.4 is 9.47 Å². The molecule has 0 saturated carbocycles. The van der Waals surface area contributed by atoms with Gasteiger partial charge in [0.15, 0.2) is 15.7 Å². The average Bonchev–Trinajstić information content (AvgIpc) is 3.54. The number of pyridine rings is 1. The Hall–Kier alpha value is -3.02. The Balaban J connectivity index is 1.77. The second-order valence-electron chi connectivity index (χ2n) is 8.81. The molecule has 0 bridgehead atoms. The van der Waals surface area contributed by atoms with Gasteiger partial charge in [-0.15, -0.1) is 10.2 Å². The highest BCUT2D eigenvalue weighted by Gasteiger charge is 2.35. The van der Waals surface area contributed by atoms with Crippen LogP contribution in [-0.4, -0.2) is 68.0 Å². The molecular formula is C25H32N4O6S. The summed E-state index contributed by atoms with van der Waals surface area (Å²) >= 11 is 0. The van der Waals surface area contributed by atoms with Gasteiger partial charge in [-0.3, -0.25) is 9.55 Å². The Labute approximate surface area is 211 Å². The molecule has 0 N–H and O–H groups in total. The molecule has 11 heteroatoms. The Kier molecular flexibility index (Phi) is 7.91. The predicted octanol–water partition coefficient (Wildman–Crippen LogP) is 3.18. The van der Waals surface area contributed by atoms with E-state index in [-0.39, 0.29) is 17.5 Å². The lowest BCUT2D eigenvalue weighted by molar-refractivity contribution is 0.0987. The van der Waals surface area contributed by atoms with E-state index < -0.39 is 21.2 Å². The number of sulfone groups is 1. The first-order chi connectivity index (χ1) is 17.3. The molecule has 3 atom stereocenters. The molecule has 0 aliphatic carbocycles. The molecule has 4 rings (SSSR count). The zero-order valence-electron chi connectivity index (χ0n) is 21.2. The highest BCUT2D eigenvalue weighted by atomic mass is 32.2. The van der Waals surface area contributed by atoms with Crippen LogP contribution in [0.25, 0.3) is 5.69 Å². The minimum atomic E-state index is -3.76. The summed E-state index contributed by atoms with van der Waals surface area (Å²) in [6.07, 6.45) is 1.71. The molecule has 194 valence electrons. The third-order valence-corrected chi connectivity index (χ3v) is 8.52. The first-order valence-electron chi connectivity index (χ1n) is 11.7. The molecule has 3 aromatic rings. The maximum atomic E-state index is 13.7. The number of nitrogens with zero attached hydrogens (tertiary/aromatic N) is 4. The summed E-state index contributed by atoms with van der Waals surface area (Å²) in [7, 11) is 0.826. The van der Waals surface area contributed by atoms with Crippen LogP contribution >= 0.6 is 0 Å². The van der Waals surface area contributed by atoms with Crippen LogP contribution in [0.1, 0.15) is 48.3 Å². The van der Waals surface area contributed by atoms with E-state index in [1.54, 1.807) is 56.2 Å². The number of para-hydroxylation sites is 1. The summed E-state index contributed by atoms with van der Waals surface area (Å²) in [4.78, 5) is 4.39. The van der Waals surface area contributed by atoms with E-state index in [0.29, 0.717) is 41.9 Å². The monoisotopic (exact) mass is 516 g/mol. The van der Waals surface area contributed by atoms with Crippen molar-refractivity contribution in [1.82, 2.24) is 19.7 Å². The number of hydrogen-bond donors (Lipinski definition) is 0. The summed E-state index contributed by atoms with van der Waals surface area (Å²) in [5, 5.41) is 7.86. The third-order valence-electron chi connectivity index (χ3n) is 6.48. The van der Waals surface area contributed by atoms with Crippen LogP contribution in [0.4, 0.5) is 0 Å². The van der Waals surface area contributed by atoms with Crippen LogP contribution in [0.2, 0.25) is 0 Å². The first kappa shape index (κ1) is 26.1. The van der Waals surface area contributed by atoms with Gasteiger partial charge in [-0.25, -0.2) is 8.42 Å². The van der Waals surface area contributed by atoms with Gasteiger partial charge in [0.1, 0.15) is 34.9 Å². The lowest BCUT2D eigenvalue weighted by atomic mass is 10.1. The molecule has 1 aromatic carbocycles. The van der Waals surface area contributed by atoms with Crippen molar-refractivity contribution in [3.8, 4) is 17.2 Å². The van der Waals surface area contributed by atoms with E-state index in [1.165, 1.54) is 7.11 Å². The molecule has 1 fully saturated rings. The highest BCUT2D eigenvalue weighted by Crippen LogP contribution is 2.37. The van der Waals surface area contributed by atoms with E-state index in [1.807, 2.05) is 13.0 Å². The van der Waals surface area contributed by atoms with Gasteiger partial charge >= 0.3 is 0 Å². The van der Waals surface area contributed by atoms with Crippen molar-refractivity contribution in [3.05, 3.63) is 59.4 Å². The van der Waals surface area contributed by atoms with Crippen LogP contribution in [0.15, 0.2) is 36.5 Å². The van der Waals surface area contributed by atoms with Crippen molar-refractivity contribution in [2.75, 3.05) is 34.5 Å². The third kappa shape index (κ3) is 5.09. The quantitative estimate of drug-likeness (QED) is 0.401. The van der Waals surface area contributed by atoms with Crippen molar-refractivity contribution < 1.29 is 27.4 Å². The number of methoxy groups -OCH3 is 3. The fourth-order valence-electron chi connectivity index (χ4n) is 4.42. The molecule has 1 aliphatic rings. The van der Waals surface area contributed by atoms with Crippen LogP contribution in [0, 0.1) is 6.92 Å². The lowest BCUT2D eigenvalue weighted by Crippen LogP contribution is -2.29. The zero-order chi connectivity index (χ0) is 25.9. The van der Waals surface area contributed by atoms with Gasteiger partial charge in [-0.1, -0.05) is 12.1 Å². The topological polar surface area (TPSA) is 115 Å². The van der Waals surface area contributed by atoms with Crippen molar-refractivity contribution in [2.24, 2.45) is 0 Å². The van der Waals surface area contributed by atoms with Crippen LogP contribution in [0.5, 0.6) is 11.5 Å². The van der Waals surface area contributed by atoms with Gasteiger partial charge in [0.05, 0.1) is 31.8 Å². The summed E-state index contributed by atoms with van der Waals surface area (Å²) in [6.45, 7) is 4.62. The summed E-state index contributed by atoms with van der Waals surface area (Å²) in [6, 6.07) is 9.06. The molecule has 0 amide bonds. The molecule has 1 unspecified atom stereocenters. The normalized spacial score (nSPS) is 17.6. The second kappa shape index (κ2) is 10.9. The largest absolute Gasteiger partial charge is 0.494 e. The van der Waals surface area contributed by atoms with Crippen molar-refractivity contribution >= 4 is 9.84 Å². The molecule has 3 heterocycles. The van der Waals surface area contributed by atoms with E-state index in [4.69, 9.17) is 18.9 Å². The molecule has 0 spiro atoms. The van der Waals surface area contributed by atoms with E-state index >= 15 is 0 Å². The minimum absolute atomic E-state index is 0.0375. The number of aryl methyl sites for hydroxylation is 1. The van der Waals surface area contributed by atoms with Gasteiger partial charge in [0, 0.05) is 25.8 Å². The van der Waals surface area contributed by atoms with E-state index in [2.05, 4.69) is 15.2 Å². The van der Waals surface area contributed by atoms with Crippen LogP contribution in [0.3, 0.4) is 0 Å². The summed E-state index contributed by atoms with van der Waals surface area (Å²) in [5.41, 5.74) is 2.08. The molecule has 2 aromatic heterocycles. The lowest BCUT2D eigenvalue weighted by Gasteiger charge is -2.23. The zero-order valence-corrected chi connectivity index (χ0v) is 22.0. The van der Waals surface area contributed by atoms with E-state index in [9.17, 15) is 8.42 Å². The maximum absolute atomic E-state index is 13.7. The smallest absolute Gasteiger partial charge is 0.163 e. The SMILES string of the molecule is COc1cccc(OC)c1-n1c(CS(=O)(=O)[C@@H](C)[C@H](OC)c2ccc(C)cn2)nnc1C1CCOC1. The first-order valence-corrected chi connectivity index (χ1v) is 13.4. The van der Waals surface area contributed by atoms with Gasteiger partial charge in [-0.05, 0) is 44.0 Å². The minimum Gasteiger partial charge on any atom is -0.494 e. The number of aromatic nitrogens is 4. The summed E-state index contributed by atoms with van der Waals surface area (Å²) in [5.74, 6) is 1.50. The van der Waals surface area contributed by atoms with Crippen LogP contribution in [-0.2, 0) is 25.1 Å². The second-order valence-corrected chi connectivity index (χ2v) is 11.2. The molecular weight excluding hydrogens is 484 g/mol. The molecule has 10 nitrogen and oxygen atoms in total. The highest BCUT2D eigenvalue weighted by molar-refractivity contribution is 7.91. The number of ether oxygens (including phenoxy) is 4. The van der Waals surface area contributed by atoms with Crippen molar-refractivity contribution in [2.45, 2.75) is 43.3 Å². The molecule has 36 heavy (non-hydrogen) atoms.